The summed E-state index contributed by atoms with van der Waals surface area (Å²) in [4.78, 5) is 23.1. The fraction of sp³-hybridized carbons (Fsp3) is 0.500. The molecule has 0 spiro atoms. The van der Waals surface area contributed by atoms with Crippen LogP contribution in [0.15, 0.2) is 20.0 Å². The van der Waals surface area contributed by atoms with Crippen molar-refractivity contribution < 1.29 is 13.8 Å². The fourth-order valence-electron chi connectivity index (χ4n) is 1.61. The fourth-order valence-corrected chi connectivity index (χ4v) is 4.38. The van der Waals surface area contributed by atoms with Gasteiger partial charge in [0.15, 0.2) is 9.92 Å². The average molecular weight is 332 g/mol. The van der Waals surface area contributed by atoms with E-state index in [0.717, 1.165) is 16.9 Å². The number of thiophene rings is 1. The van der Waals surface area contributed by atoms with Gasteiger partial charge in [-0.05, 0) is 36.3 Å². The third-order valence-corrected chi connectivity index (χ3v) is 5.86. The molecule has 7 nitrogen and oxygen atoms in total. The van der Waals surface area contributed by atoms with Gasteiger partial charge in [0.2, 0.25) is 0 Å². The zero-order chi connectivity index (χ0) is 16.2. The number of nitrogens with zero attached hydrogens (tertiary/aromatic N) is 1. The molecule has 1 aromatic rings. The minimum atomic E-state index is -3.44. The van der Waals surface area contributed by atoms with Crippen molar-refractivity contribution >= 4 is 33.2 Å². The molecule has 3 amide bonds. The van der Waals surface area contributed by atoms with E-state index in [1.807, 2.05) is 13.8 Å². The number of primary amides is 1. The largest absolute Gasteiger partial charge is 0.351 e. The molecule has 0 aromatic carbocycles. The number of aryl methyl sites for hydroxylation is 1. The van der Waals surface area contributed by atoms with Crippen molar-refractivity contribution in [1.29, 1.82) is 0 Å². The van der Waals surface area contributed by atoms with Crippen LogP contribution in [0.25, 0.3) is 0 Å². The Morgan fingerprint density at radius 3 is 2.52 bits per heavy atom. The summed E-state index contributed by atoms with van der Waals surface area (Å²) in [6, 6.07) is -0.283. The molecule has 9 heteroatoms. The van der Waals surface area contributed by atoms with Crippen LogP contribution in [0, 0.1) is 12.8 Å². The first-order valence-electron chi connectivity index (χ1n) is 6.33. The van der Waals surface area contributed by atoms with E-state index >= 15 is 0 Å². The lowest BCUT2D eigenvalue weighted by molar-refractivity contribution is -0.119. The first-order valence-corrected chi connectivity index (χ1v) is 8.72. The Morgan fingerprint density at radius 1 is 1.48 bits per heavy atom. The predicted molar refractivity (Wildman–Crippen MR) is 83.0 cm³/mol. The Balaban J connectivity index is 3.19. The number of nitrogens with one attached hydrogen (secondary N) is 1. The van der Waals surface area contributed by atoms with E-state index in [2.05, 4.69) is 9.08 Å². The van der Waals surface area contributed by atoms with Gasteiger partial charge in [0, 0.05) is 0 Å². The van der Waals surface area contributed by atoms with E-state index in [-0.39, 0.29) is 10.1 Å². The average Bonchev–Trinajstić information content (AvgIpc) is 2.74. The maximum Gasteiger partial charge on any atom is 0.324 e. The molecule has 0 bridgehead atoms. The minimum Gasteiger partial charge on any atom is -0.351 e. The molecule has 1 unspecified atom stereocenters. The third-order valence-electron chi connectivity index (χ3n) is 2.48. The molecule has 0 fully saturated rings. The number of nitrogens with two attached hydrogens (primary N) is 2. The number of amides is 3. The zero-order valence-corrected chi connectivity index (χ0v) is 13.8. The molecule has 2 atom stereocenters. The van der Waals surface area contributed by atoms with Gasteiger partial charge in [-0.1, -0.05) is 13.8 Å². The number of hydrogen-bond donors (Lipinski definition) is 3. The van der Waals surface area contributed by atoms with Crippen molar-refractivity contribution in [2.45, 2.75) is 37.4 Å². The van der Waals surface area contributed by atoms with Gasteiger partial charge < -0.3 is 11.5 Å². The molecule has 0 aliphatic carbocycles. The van der Waals surface area contributed by atoms with Crippen LogP contribution in [-0.4, -0.2) is 22.2 Å². The van der Waals surface area contributed by atoms with Gasteiger partial charge in [0.25, 0.3) is 5.91 Å². The van der Waals surface area contributed by atoms with Crippen LogP contribution in [-0.2, 0) is 14.7 Å². The van der Waals surface area contributed by atoms with E-state index < -0.39 is 27.9 Å². The van der Waals surface area contributed by atoms with Crippen molar-refractivity contribution in [2.75, 3.05) is 0 Å². The van der Waals surface area contributed by atoms with Gasteiger partial charge in [-0.25, -0.2) is 13.7 Å². The van der Waals surface area contributed by atoms with Crippen LogP contribution in [0.2, 0.25) is 0 Å². The number of carbonyl (C=O) groups excluding carboxylic acids is 2. The lowest BCUT2D eigenvalue weighted by Crippen LogP contribution is -2.37. The number of hydrogen-bond acceptors (Lipinski definition) is 5. The lowest BCUT2D eigenvalue weighted by atomic mass is 10.0. The summed E-state index contributed by atoms with van der Waals surface area (Å²) >= 11 is 1.13. The number of carbonyl (C=O) groups is 2. The van der Waals surface area contributed by atoms with Crippen LogP contribution < -0.4 is 16.2 Å². The normalized spacial score (nSPS) is 15.3. The molecule has 5 N–H and O–H groups in total. The van der Waals surface area contributed by atoms with Crippen molar-refractivity contribution in [3.8, 4) is 0 Å². The molecule has 0 aliphatic heterocycles. The molecule has 118 valence electrons. The van der Waals surface area contributed by atoms with Gasteiger partial charge in [0.05, 0.1) is 6.04 Å². The summed E-state index contributed by atoms with van der Waals surface area (Å²) in [5.41, 5.74) is 11.6. The lowest BCUT2D eigenvalue weighted by Gasteiger charge is -2.12. The third kappa shape index (κ3) is 5.10. The molecule has 1 aromatic heterocycles. The number of rotatable bonds is 5. The molecule has 0 radical (unpaired) electrons. The maximum absolute atomic E-state index is 12.8. The van der Waals surface area contributed by atoms with Gasteiger partial charge in [0.1, 0.15) is 4.21 Å². The van der Waals surface area contributed by atoms with Crippen LogP contribution in [0.3, 0.4) is 0 Å². The standard InChI is InChI=1S/C12H20N4O3S2/c1-7(2)4-9(13)11(17)15-21(19,16-12(14)18)10-5-8(3)6-20-10/h5-7,9H,4,13H2,1-3H3,(H3,14,15,16,17,18,19)/t9-,21?/m0/s1. The molecular weight excluding hydrogens is 312 g/mol. The topological polar surface area (TPSA) is 128 Å². The molecule has 1 rings (SSSR count). The highest BCUT2D eigenvalue weighted by Gasteiger charge is 2.22. The van der Waals surface area contributed by atoms with E-state index in [1.165, 1.54) is 0 Å². The summed E-state index contributed by atoms with van der Waals surface area (Å²) in [5.74, 6) is -0.517. The Hall–Kier alpha value is -1.45. The summed E-state index contributed by atoms with van der Waals surface area (Å²) in [7, 11) is -3.44. The van der Waals surface area contributed by atoms with Gasteiger partial charge in [-0.2, -0.15) is 0 Å². The van der Waals surface area contributed by atoms with E-state index in [1.54, 1.807) is 18.4 Å². The SMILES string of the molecule is Cc1csc(S(=O)(=NC(=O)[C@@H](N)CC(C)C)NC(N)=O)c1. The Bertz CT molecular complexity index is 645. The second-order valence-corrected chi connectivity index (χ2v) is 8.15. The Labute approximate surface area is 128 Å². The summed E-state index contributed by atoms with van der Waals surface area (Å²) < 4.78 is 18.7. The van der Waals surface area contributed by atoms with Crippen LogP contribution >= 0.6 is 11.3 Å². The first kappa shape index (κ1) is 17.6. The van der Waals surface area contributed by atoms with E-state index in [4.69, 9.17) is 11.5 Å². The van der Waals surface area contributed by atoms with Crippen molar-refractivity contribution in [1.82, 2.24) is 4.72 Å². The summed E-state index contributed by atoms with van der Waals surface area (Å²) in [5, 5.41) is 1.74. The van der Waals surface area contributed by atoms with Crippen LogP contribution in [0.4, 0.5) is 4.79 Å². The smallest absolute Gasteiger partial charge is 0.324 e. The molecule has 1 heterocycles. The van der Waals surface area contributed by atoms with E-state index in [0.29, 0.717) is 6.42 Å². The first-order chi connectivity index (χ1) is 9.64. The minimum absolute atomic E-state index is 0.197. The van der Waals surface area contributed by atoms with Crippen molar-refractivity contribution in [2.24, 2.45) is 21.7 Å². The van der Waals surface area contributed by atoms with Crippen LogP contribution in [0.5, 0.6) is 0 Å². The zero-order valence-electron chi connectivity index (χ0n) is 12.2. The maximum atomic E-state index is 12.8. The predicted octanol–water partition coefficient (Wildman–Crippen LogP) is 1.37. The van der Waals surface area contributed by atoms with E-state index in [9.17, 15) is 13.8 Å². The quantitative estimate of drug-likeness (QED) is 0.752. The van der Waals surface area contributed by atoms with Crippen molar-refractivity contribution in [3.05, 3.63) is 17.0 Å². The van der Waals surface area contributed by atoms with Gasteiger partial charge in [-0.15, -0.1) is 15.7 Å². The second-order valence-electron chi connectivity index (χ2n) is 5.10. The Kier molecular flexibility index (Phi) is 5.87. The van der Waals surface area contributed by atoms with Crippen molar-refractivity contribution in [3.63, 3.8) is 0 Å². The van der Waals surface area contributed by atoms with Gasteiger partial charge >= 0.3 is 6.03 Å². The van der Waals surface area contributed by atoms with Gasteiger partial charge in [-0.3, -0.25) is 4.79 Å². The number of urea groups is 1. The molecule has 0 saturated carbocycles. The molecular formula is C12H20N4O3S2. The highest BCUT2D eigenvalue weighted by atomic mass is 32.2. The summed E-state index contributed by atoms with van der Waals surface area (Å²) in [6.07, 6.45) is 0.415. The Morgan fingerprint density at radius 2 is 2.10 bits per heavy atom. The monoisotopic (exact) mass is 332 g/mol. The summed E-state index contributed by atoms with van der Waals surface area (Å²) in [6.45, 7) is 5.62. The molecule has 0 saturated heterocycles. The molecule has 21 heavy (non-hydrogen) atoms. The highest BCUT2D eigenvalue weighted by molar-refractivity contribution is 7.94. The highest BCUT2D eigenvalue weighted by Crippen LogP contribution is 2.21. The molecule has 0 aliphatic rings. The van der Waals surface area contributed by atoms with Crippen LogP contribution in [0.1, 0.15) is 25.8 Å². The second kappa shape index (κ2) is 7.01.